The summed E-state index contributed by atoms with van der Waals surface area (Å²) < 4.78 is 74.6. The fourth-order valence-corrected chi connectivity index (χ4v) is 9.30. The van der Waals surface area contributed by atoms with Crippen LogP contribution < -0.4 is 0 Å². The Hall–Kier alpha value is -1.92. The zero-order valence-corrected chi connectivity index (χ0v) is 33.0. The predicted octanol–water partition coefficient (Wildman–Crippen LogP) is 7.48. The second-order valence-electron chi connectivity index (χ2n) is 11.8. The Balaban J connectivity index is 4.07. The van der Waals surface area contributed by atoms with Gasteiger partial charge in [-0.25, -0.2) is 0 Å². The molecule has 0 N–H and O–H groups in total. The van der Waals surface area contributed by atoms with Crippen molar-refractivity contribution in [2.24, 2.45) is 0 Å². The normalized spacial score (nSPS) is 14.9. The Morgan fingerprint density at radius 1 is 0.479 bits per heavy atom. The lowest BCUT2D eigenvalue weighted by molar-refractivity contribution is -0.510. The number of rotatable bonds is 21. The van der Waals surface area contributed by atoms with E-state index in [1.807, 2.05) is 0 Å². The summed E-state index contributed by atoms with van der Waals surface area (Å²) in [6.07, 6.45) is 3.36. The third-order valence-corrected chi connectivity index (χ3v) is 15.4. The monoisotopic (exact) mass is 741 g/mol. The van der Waals surface area contributed by atoms with E-state index in [-0.39, 0.29) is 56.3 Å². The Morgan fingerprint density at radius 3 is 0.792 bits per heavy atom. The maximum absolute atomic E-state index is 13.6. The van der Waals surface area contributed by atoms with Gasteiger partial charge < -0.3 is 42.8 Å². The quantitative estimate of drug-likeness (QED) is 0.0398. The van der Waals surface area contributed by atoms with Crippen LogP contribution in [0.5, 0.6) is 0 Å². The van der Waals surface area contributed by atoms with Crippen LogP contribution in [0.1, 0.15) is 99.8 Å². The van der Waals surface area contributed by atoms with Crippen LogP contribution in [0, 0.1) is 15.6 Å². The zero-order valence-electron chi connectivity index (χ0n) is 30.3. The van der Waals surface area contributed by atoms with E-state index < -0.39 is 38.6 Å². The van der Waals surface area contributed by atoms with Crippen molar-refractivity contribution in [2.75, 3.05) is 39.6 Å². The van der Waals surface area contributed by atoms with E-state index in [2.05, 4.69) is 0 Å². The molecule has 0 radical (unpaired) electrons. The highest BCUT2D eigenvalue weighted by Gasteiger charge is 2.53. The molecule has 18 heteroatoms. The number of nitrogens with zero attached hydrogens (tertiary/aromatic N) is 3. The number of hydroxylamine groups is 3. The SMILES string of the molecule is CCOP(=O)(OCC)C(C)(C)/[N+]([O-])=C\c1cc(/C=[N+](/[O-])C(C)(C)P(=O)(OCC)OCC)cc(/C=[N+](/[O-])C(C)(C)P(=O)(OCC)OCC)c1. The standard InChI is InChI=1S/C30H54N3O12P3/c1-13-40-46(37,41-14-2)28(7,8)31(34)22-25-19-26(23-32(35)29(9,10)47(38,42-15-3)43-16-4)21-27(20-25)24-33(36)30(11,12)48(39,44-17-5)45-18-6/h19-24H,13-18H2,1-12H3/b31-22+,32-23+,33-24+. The van der Waals surface area contributed by atoms with E-state index in [0.29, 0.717) is 14.2 Å². The number of benzene rings is 1. The van der Waals surface area contributed by atoms with Gasteiger partial charge in [0, 0.05) is 58.2 Å². The largest absolute Gasteiger partial charge is 0.623 e. The molecule has 0 aromatic heterocycles. The van der Waals surface area contributed by atoms with Crippen LogP contribution in [0.15, 0.2) is 18.2 Å². The minimum absolute atomic E-state index is 0.0308. The Bertz CT molecular complexity index is 1260. The summed E-state index contributed by atoms with van der Waals surface area (Å²) in [6, 6.07) is 4.39. The van der Waals surface area contributed by atoms with Crippen LogP contribution in [0.2, 0.25) is 0 Å². The lowest BCUT2D eigenvalue weighted by Gasteiger charge is -2.31. The molecule has 0 spiro atoms. The van der Waals surface area contributed by atoms with Crippen molar-refractivity contribution < 1.29 is 55.1 Å². The van der Waals surface area contributed by atoms with Gasteiger partial charge in [-0.1, -0.05) is 0 Å². The van der Waals surface area contributed by atoms with Gasteiger partial charge in [0.25, 0.3) is 15.8 Å². The average Bonchev–Trinajstić information content (AvgIpc) is 2.97. The minimum Gasteiger partial charge on any atom is -0.623 e. The van der Waals surface area contributed by atoms with Gasteiger partial charge in [-0.05, 0) is 59.7 Å². The van der Waals surface area contributed by atoms with Crippen molar-refractivity contribution in [3.8, 4) is 0 Å². The van der Waals surface area contributed by atoms with Gasteiger partial charge in [0.15, 0.2) is 18.6 Å². The van der Waals surface area contributed by atoms with E-state index in [1.54, 1.807) is 41.5 Å². The van der Waals surface area contributed by atoms with E-state index in [0.717, 1.165) is 18.6 Å². The molecule has 0 fully saturated rings. The molecule has 0 aliphatic rings. The summed E-state index contributed by atoms with van der Waals surface area (Å²) >= 11 is 0. The van der Waals surface area contributed by atoms with Crippen LogP contribution in [0.25, 0.3) is 0 Å². The number of hydrogen-bond donors (Lipinski definition) is 0. The van der Waals surface area contributed by atoms with Crippen molar-refractivity contribution in [3.05, 3.63) is 50.5 Å². The van der Waals surface area contributed by atoms with Crippen LogP contribution in [-0.4, -0.2) is 88.3 Å². The molecule has 0 saturated carbocycles. The molecule has 0 saturated heterocycles. The van der Waals surface area contributed by atoms with Crippen molar-refractivity contribution in [1.29, 1.82) is 0 Å². The van der Waals surface area contributed by atoms with E-state index >= 15 is 0 Å². The van der Waals surface area contributed by atoms with Crippen molar-refractivity contribution in [2.45, 2.75) is 98.9 Å². The van der Waals surface area contributed by atoms with Gasteiger partial charge in [0.1, 0.15) is 0 Å². The van der Waals surface area contributed by atoms with E-state index in [9.17, 15) is 29.3 Å². The third kappa shape index (κ3) is 9.86. The summed E-state index contributed by atoms with van der Waals surface area (Å²) in [6.45, 7) is 18.4. The second kappa shape index (κ2) is 17.8. The van der Waals surface area contributed by atoms with Crippen LogP contribution >= 0.6 is 22.8 Å². The summed E-state index contributed by atoms with van der Waals surface area (Å²) in [7, 11) is -11.9. The van der Waals surface area contributed by atoms with Gasteiger partial charge in [0.2, 0.25) is 0 Å². The molecule has 0 bridgehead atoms. The maximum atomic E-state index is 13.6. The van der Waals surface area contributed by atoms with E-state index in [1.165, 1.54) is 59.7 Å². The molecule has 276 valence electrons. The summed E-state index contributed by atoms with van der Waals surface area (Å²) in [5, 5.41) is 35.7. The molecule has 15 nitrogen and oxygen atoms in total. The van der Waals surface area contributed by atoms with Gasteiger partial charge in [-0.3, -0.25) is 13.7 Å². The summed E-state index contributed by atoms with van der Waals surface area (Å²) in [5.74, 6) is 0. The molecule has 0 atom stereocenters. The third-order valence-electron chi connectivity index (χ3n) is 7.22. The Labute approximate surface area is 285 Å². The van der Waals surface area contributed by atoms with Crippen LogP contribution in [0.4, 0.5) is 0 Å². The first-order chi connectivity index (χ1) is 22.1. The molecule has 0 aliphatic heterocycles. The molecule has 0 aliphatic carbocycles. The maximum Gasteiger partial charge on any atom is 0.401 e. The highest BCUT2D eigenvalue weighted by molar-refractivity contribution is 7.55. The highest BCUT2D eigenvalue weighted by atomic mass is 31.2. The summed E-state index contributed by atoms with van der Waals surface area (Å²) in [4.78, 5) is 0. The summed E-state index contributed by atoms with van der Waals surface area (Å²) in [5.41, 5.74) is 0.557. The molecule has 0 heterocycles. The lowest BCUT2D eigenvalue weighted by atomic mass is 10.1. The molecular formula is C30H54N3O12P3. The molecule has 0 amide bonds. The van der Waals surface area contributed by atoms with Gasteiger partial charge in [0.05, 0.1) is 39.6 Å². The molecule has 48 heavy (non-hydrogen) atoms. The lowest BCUT2D eigenvalue weighted by Crippen LogP contribution is -2.36. The molecular weight excluding hydrogens is 687 g/mol. The van der Waals surface area contributed by atoms with Gasteiger partial charge in [-0.2, -0.15) is 14.2 Å². The average molecular weight is 742 g/mol. The fraction of sp³-hybridized carbons (Fsp3) is 0.700. The second-order valence-corrected chi connectivity index (χ2v) is 19.6. The number of hydrogen-bond acceptors (Lipinski definition) is 12. The highest BCUT2D eigenvalue weighted by Crippen LogP contribution is 2.61. The molecule has 1 aromatic rings. The van der Waals surface area contributed by atoms with Crippen molar-refractivity contribution in [3.63, 3.8) is 0 Å². The Morgan fingerprint density at radius 2 is 0.646 bits per heavy atom. The molecule has 1 rings (SSSR count). The smallest absolute Gasteiger partial charge is 0.401 e. The van der Waals surface area contributed by atoms with Crippen molar-refractivity contribution >= 4 is 41.4 Å². The van der Waals surface area contributed by atoms with Gasteiger partial charge in [-0.15, -0.1) is 0 Å². The minimum atomic E-state index is -3.96. The Kier molecular flexibility index (Phi) is 16.4. The topological polar surface area (TPSA) is 185 Å². The predicted molar refractivity (Wildman–Crippen MR) is 188 cm³/mol. The first-order valence-corrected chi connectivity index (χ1v) is 20.5. The fourth-order valence-electron chi connectivity index (χ4n) is 4.25. The van der Waals surface area contributed by atoms with Crippen LogP contribution in [0.3, 0.4) is 0 Å². The molecule has 0 unspecified atom stereocenters. The van der Waals surface area contributed by atoms with E-state index in [4.69, 9.17) is 27.1 Å². The first-order valence-electron chi connectivity index (χ1n) is 15.9. The zero-order chi connectivity index (χ0) is 37.2. The first kappa shape index (κ1) is 44.1. The molecule has 1 aromatic carbocycles. The van der Waals surface area contributed by atoms with Gasteiger partial charge >= 0.3 is 22.8 Å². The van der Waals surface area contributed by atoms with Crippen molar-refractivity contribution in [1.82, 2.24) is 0 Å². The van der Waals surface area contributed by atoms with Crippen LogP contribution in [-0.2, 0) is 40.8 Å².